The number of aromatic amines is 1. The number of nitrogens with zero attached hydrogens (tertiary/aromatic N) is 2. The zero-order valence-corrected chi connectivity index (χ0v) is 16.3. The minimum atomic E-state index is -0.496. The summed E-state index contributed by atoms with van der Waals surface area (Å²) in [6, 6.07) is 19.3. The number of nitrogens with two attached hydrogens (primary N) is 1. The third-order valence-electron chi connectivity index (χ3n) is 4.69. The highest BCUT2D eigenvalue weighted by molar-refractivity contribution is 6.30. The minimum absolute atomic E-state index is 0.130. The molecule has 0 fully saturated rings. The molecule has 144 valence electrons. The fourth-order valence-electron chi connectivity index (χ4n) is 3.04. The average Bonchev–Trinajstić information content (AvgIpc) is 3.16. The zero-order chi connectivity index (χ0) is 20.5. The molecule has 29 heavy (non-hydrogen) atoms. The lowest BCUT2D eigenvalue weighted by atomic mass is 10.1. The van der Waals surface area contributed by atoms with Crippen molar-refractivity contribution >= 4 is 40.1 Å². The van der Waals surface area contributed by atoms with E-state index in [9.17, 15) is 9.59 Å². The maximum atomic E-state index is 12.7. The molecule has 0 aliphatic heterocycles. The van der Waals surface area contributed by atoms with Crippen LogP contribution in [0.5, 0.6) is 0 Å². The van der Waals surface area contributed by atoms with Gasteiger partial charge in [0.25, 0.3) is 5.91 Å². The quantitative estimate of drug-likeness (QED) is 0.532. The Morgan fingerprint density at radius 3 is 2.28 bits per heavy atom. The van der Waals surface area contributed by atoms with Crippen molar-refractivity contribution < 1.29 is 9.59 Å². The van der Waals surface area contributed by atoms with Crippen molar-refractivity contribution in [2.45, 2.75) is 0 Å². The second-order valence-electron chi connectivity index (χ2n) is 6.60. The number of halogens is 1. The molecule has 4 aromatic rings. The summed E-state index contributed by atoms with van der Waals surface area (Å²) < 4.78 is 0. The second kappa shape index (κ2) is 7.41. The summed E-state index contributed by atoms with van der Waals surface area (Å²) in [5.74, 6) is 0.0189. The Balaban J connectivity index is 1.58. The molecule has 0 saturated carbocycles. The van der Waals surface area contributed by atoms with Crippen molar-refractivity contribution in [2.75, 3.05) is 11.9 Å². The van der Waals surface area contributed by atoms with E-state index in [0.29, 0.717) is 27.5 Å². The zero-order valence-electron chi connectivity index (χ0n) is 15.5. The Bertz CT molecular complexity index is 1210. The molecule has 1 aromatic heterocycles. The number of benzene rings is 3. The Morgan fingerprint density at radius 2 is 1.62 bits per heavy atom. The molecule has 0 spiro atoms. The van der Waals surface area contributed by atoms with Crippen LogP contribution in [0.2, 0.25) is 5.02 Å². The number of fused-ring (bicyclic) bond motifs is 1. The number of anilines is 1. The van der Waals surface area contributed by atoms with E-state index in [2.05, 4.69) is 9.97 Å². The van der Waals surface area contributed by atoms with Crippen LogP contribution < -0.4 is 10.6 Å². The van der Waals surface area contributed by atoms with Gasteiger partial charge in [0.2, 0.25) is 5.91 Å². The van der Waals surface area contributed by atoms with E-state index in [1.807, 2.05) is 12.1 Å². The molecule has 0 aliphatic rings. The molecule has 2 amide bonds. The van der Waals surface area contributed by atoms with Crippen molar-refractivity contribution in [3.05, 3.63) is 82.9 Å². The molecule has 7 heteroatoms. The van der Waals surface area contributed by atoms with E-state index in [1.54, 1.807) is 66.5 Å². The molecule has 0 aliphatic carbocycles. The lowest BCUT2D eigenvalue weighted by Gasteiger charge is -2.17. The van der Waals surface area contributed by atoms with Crippen LogP contribution in [-0.2, 0) is 0 Å². The summed E-state index contributed by atoms with van der Waals surface area (Å²) in [5.41, 5.74) is 9.31. The van der Waals surface area contributed by atoms with Crippen molar-refractivity contribution in [3.8, 4) is 11.4 Å². The van der Waals surface area contributed by atoms with Gasteiger partial charge in [0.1, 0.15) is 5.82 Å². The standard InChI is InChI=1S/C22H17ClN4O2/c1-27(17-9-7-16(23)8-10-17)22(29)14-4-2-13(3-5-14)21-25-18-11-6-15(20(24)28)12-19(18)26-21/h2-12H,1H3,(H2,24,28)(H,25,26). The van der Waals surface area contributed by atoms with E-state index in [4.69, 9.17) is 17.3 Å². The number of carbonyl (C=O) groups excluding carboxylic acids is 2. The highest BCUT2D eigenvalue weighted by Crippen LogP contribution is 2.23. The molecule has 0 unspecified atom stereocenters. The van der Waals surface area contributed by atoms with Crippen molar-refractivity contribution in [3.63, 3.8) is 0 Å². The fourth-order valence-corrected chi connectivity index (χ4v) is 3.17. The smallest absolute Gasteiger partial charge is 0.258 e. The summed E-state index contributed by atoms with van der Waals surface area (Å²) in [4.78, 5) is 33.4. The molecule has 4 rings (SSSR count). The first-order valence-corrected chi connectivity index (χ1v) is 9.24. The van der Waals surface area contributed by atoms with E-state index in [1.165, 1.54) is 0 Å². The number of primary amides is 1. The molecule has 3 N–H and O–H groups in total. The first kappa shape index (κ1) is 18.7. The van der Waals surface area contributed by atoms with Crippen LogP contribution in [0.15, 0.2) is 66.7 Å². The monoisotopic (exact) mass is 404 g/mol. The number of nitrogens with one attached hydrogen (secondary N) is 1. The van der Waals surface area contributed by atoms with Crippen molar-refractivity contribution in [1.82, 2.24) is 9.97 Å². The van der Waals surface area contributed by atoms with Crippen LogP contribution in [0, 0.1) is 0 Å². The normalized spacial score (nSPS) is 10.8. The molecule has 3 aromatic carbocycles. The molecule has 0 bridgehead atoms. The van der Waals surface area contributed by atoms with Crippen molar-refractivity contribution in [2.24, 2.45) is 5.73 Å². The summed E-state index contributed by atoms with van der Waals surface area (Å²) in [6.45, 7) is 0. The van der Waals surface area contributed by atoms with E-state index in [-0.39, 0.29) is 5.91 Å². The first-order valence-electron chi connectivity index (χ1n) is 8.86. The minimum Gasteiger partial charge on any atom is -0.366 e. The molecule has 1 heterocycles. The maximum absolute atomic E-state index is 12.7. The Morgan fingerprint density at radius 1 is 0.966 bits per heavy atom. The molecule has 6 nitrogen and oxygen atoms in total. The molecule has 0 radical (unpaired) electrons. The van der Waals surface area contributed by atoms with Gasteiger partial charge in [-0.05, 0) is 54.6 Å². The maximum Gasteiger partial charge on any atom is 0.258 e. The molecular formula is C22H17ClN4O2. The summed E-state index contributed by atoms with van der Waals surface area (Å²) >= 11 is 5.91. The number of rotatable bonds is 4. The van der Waals surface area contributed by atoms with Gasteiger partial charge in [-0.25, -0.2) is 4.98 Å². The van der Waals surface area contributed by atoms with Gasteiger partial charge in [0.15, 0.2) is 0 Å². The van der Waals surface area contributed by atoms with E-state index < -0.39 is 5.91 Å². The van der Waals surface area contributed by atoms with E-state index in [0.717, 1.165) is 16.8 Å². The number of amides is 2. The van der Waals surface area contributed by atoms with Gasteiger partial charge < -0.3 is 15.6 Å². The van der Waals surface area contributed by atoms with Gasteiger partial charge in [-0.15, -0.1) is 0 Å². The Kier molecular flexibility index (Phi) is 4.78. The fraction of sp³-hybridized carbons (Fsp3) is 0.0455. The number of carbonyl (C=O) groups is 2. The van der Waals surface area contributed by atoms with Crippen LogP contribution in [0.4, 0.5) is 5.69 Å². The highest BCUT2D eigenvalue weighted by atomic mass is 35.5. The topological polar surface area (TPSA) is 92.1 Å². The third-order valence-corrected chi connectivity index (χ3v) is 4.94. The lowest BCUT2D eigenvalue weighted by molar-refractivity contribution is 0.0988. The summed E-state index contributed by atoms with van der Waals surface area (Å²) in [5, 5.41) is 0.618. The summed E-state index contributed by atoms with van der Waals surface area (Å²) in [7, 11) is 1.72. The largest absolute Gasteiger partial charge is 0.366 e. The number of hydrogen-bond donors (Lipinski definition) is 2. The second-order valence-corrected chi connectivity index (χ2v) is 7.04. The number of imidazole rings is 1. The van der Waals surface area contributed by atoms with Crippen LogP contribution in [0.1, 0.15) is 20.7 Å². The molecule has 0 atom stereocenters. The van der Waals surface area contributed by atoms with Gasteiger partial charge >= 0.3 is 0 Å². The van der Waals surface area contributed by atoms with Gasteiger partial charge in [-0.1, -0.05) is 23.7 Å². The third kappa shape index (κ3) is 3.70. The van der Waals surface area contributed by atoms with Gasteiger partial charge in [0.05, 0.1) is 11.0 Å². The van der Waals surface area contributed by atoms with Crippen LogP contribution >= 0.6 is 11.6 Å². The molecule has 0 saturated heterocycles. The Hall–Kier alpha value is -3.64. The summed E-state index contributed by atoms with van der Waals surface area (Å²) in [6.07, 6.45) is 0. The number of aromatic nitrogens is 2. The molecular weight excluding hydrogens is 388 g/mol. The van der Waals surface area contributed by atoms with Crippen LogP contribution in [-0.4, -0.2) is 28.8 Å². The predicted molar refractivity (Wildman–Crippen MR) is 114 cm³/mol. The van der Waals surface area contributed by atoms with E-state index >= 15 is 0 Å². The van der Waals surface area contributed by atoms with Gasteiger partial charge in [0, 0.05) is 34.4 Å². The average molecular weight is 405 g/mol. The first-order chi connectivity index (χ1) is 13.9. The SMILES string of the molecule is CN(C(=O)c1ccc(-c2nc3cc(C(N)=O)ccc3[nH]2)cc1)c1ccc(Cl)cc1. The number of hydrogen-bond acceptors (Lipinski definition) is 3. The predicted octanol–water partition coefficient (Wildman–Crippen LogP) is 4.26. The number of H-pyrrole nitrogens is 1. The van der Waals surface area contributed by atoms with Crippen molar-refractivity contribution in [1.29, 1.82) is 0 Å². The van der Waals surface area contributed by atoms with Gasteiger partial charge in [-0.2, -0.15) is 0 Å². The van der Waals surface area contributed by atoms with Gasteiger partial charge in [-0.3, -0.25) is 9.59 Å². The highest BCUT2D eigenvalue weighted by Gasteiger charge is 2.14. The van der Waals surface area contributed by atoms with Crippen LogP contribution in [0.25, 0.3) is 22.4 Å². The van der Waals surface area contributed by atoms with Crippen LogP contribution in [0.3, 0.4) is 0 Å². The lowest BCUT2D eigenvalue weighted by Crippen LogP contribution is -2.26. The Labute approximate surface area is 171 Å².